The molecule has 1 aliphatic rings. The van der Waals surface area contributed by atoms with Crippen LogP contribution in [0, 0.1) is 5.92 Å². The summed E-state index contributed by atoms with van der Waals surface area (Å²) in [6.45, 7) is -0.0143. The smallest absolute Gasteiger partial charge is 0.391 e. The third kappa shape index (κ3) is 5.60. The molecule has 29 heavy (non-hydrogen) atoms. The lowest BCUT2D eigenvalue weighted by Crippen LogP contribution is -2.41. The number of benzene rings is 1. The van der Waals surface area contributed by atoms with E-state index in [0.717, 1.165) is 0 Å². The van der Waals surface area contributed by atoms with Crippen molar-refractivity contribution in [3.63, 3.8) is 0 Å². The zero-order valence-corrected chi connectivity index (χ0v) is 16.2. The second kappa shape index (κ2) is 8.58. The number of carbonyl (C=O) groups excluding carboxylic acids is 1. The predicted molar refractivity (Wildman–Crippen MR) is 98.4 cm³/mol. The maximum atomic E-state index is 12.9. The molecule has 0 bridgehead atoms. The summed E-state index contributed by atoms with van der Waals surface area (Å²) in [4.78, 5) is 12.3. The van der Waals surface area contributed by atoms with Crippen LogP contribution in [0.15, 0.2) is 52.0 Å². The minimum atomic E-state index is -4.26. The molecule has 1 aromatic carbocycles. The molecule has 2 aromatic rings. The minimum Gasteiger partial charge on any atom is -0.468 e. The SMILES string of the molecule is O=C(NC1CCCC(C(F)(F)F)C1)c1ccc(S(=O)(=O)NCc2ccco2)cc1. The Balaban J connectivity index is 1.59. The monoisotopic (exact) mass is 430 g/mol. The Hall–Kier alpha value is -2.33. The Morgan fingerprint density at radius 3 is 2.48 bits per heavy atom. The van der Waals surface area contributed by atoms with E-state index in [4.69, 9.17) is 4.42 Å². The molecule has 1 aliphatic carbocycles. The first-order valence-corrected chi connectivity index (χ1v) is 10.6. The molecule has 2 unspecified atom stereocenters. The fourth-order valence-corrected chi connectivity index (χ4v) is 4.33. The summed E-state index contributed by atoms with van der Waals surface area (Å²) >= 11 is 0. The fraction of sp³-hybridized carbons (Fsp3) is 0.421. The van der Waals surface area contributed by atoms with Gasteiger partial charge >= 0.3 is 6.18 Å². The molecule has 2 atom stereocenters. The molecule has 0 saturated heterocycles. The van der Waals surface area contributed by atoms with Gasteiger partial charge in [-0.1, -0.05) is 6.42 Å². The van der Waals surface area contributed by atoms with E-state index in [1.807, 2.05) is 0 Å². The van der Waals surface area contributed by atoms with Crippen LogP contribution < -0.4 is 10.0 Å². The summed E-state index contributed by atoms with van der Waals surface area (Å²) in [7, 11) is -3.80. The molecule has 0 radical (unpaired) electrons. The largest absolute Gasteiger partial charge is 0.468 e. The molecule has 1 amide bonds. The highest BCUT2D eigenvalue weighted by Crippen LogP contribution is 2.37. The third-order valence-corrected chi connectivity index (χ3v) is 6.33. The quantitative estimate of drug-likeness (QED) is 0.733. The summed E-state index contributed by atoms with van der Waals surface area (Å²) in [5, 5.41) is 2.62. The molecule has 1 heterocycles. The van der Waals surface area contributed by atoms with Crippen LogP contribution in [-0.2, 0) is 16.6 Å². The van der Waals surface area contributed by atoms with Crippen molar-refractivity contribution in [1.82, 2.24) is 10.0 Å². The second-order valence-corrected chi connectivity index (χ2v) is 8.77. The van der Waals surface area contributed by atoms with E-state index in [-0.39, 0.29) is 29.8 Å². The number of carbonyl (C=O) groups is 1. The normalized spacial score (nSPS) is 20.4. The van der Waals surface area contributed by atoms with Crippen molar-refractivity contribution in [3.05, 3.63) is 54.0 Å². The molecule has 3 rings (SSSR count). The molecular weight excluding hydrogens is 409 g/mol. The van der Waals surface area contributed by atoms with Gasteiger partial charge in [0.2, 0.25) is 10.0 Å². The Morgan fingerprint density at radius 1 is 1.14 bits per heavy atom. The standard InChI is InChI=1S/C19H21F3N2O4S/c20-19(21,22)14-3-1-4-15(11-14)24-18(25)13-6-8-17(9-7-13)29(26,27)23-12-16-5-2-10-28-16/h2,5-10,14-15,23H,1,3-4,11-12H2,(H,24,25). The number of sulfonamides is 1. The maximum Gasteiger partial charge on any atom is 0.391 e. The molecule has 6 nitrogen and oxygen atoms in total. The van der Waals surface area contributed by atoms with Crippen LogP contribution in [0.25, 0.3) is 0 Å². The number of amides is 1. The minimum absolute atomic E-state index is 0.0143. The van der Waals surface area contributed by atoms with Gasteiger partial charge in [0.1, 0.15) is 5.76 Å². The summed E-state index contributed by atoms with van der Waals surface area (Å²) in [5.41, 5.74) is 0.184. The molecule has 0 aliphatic heterocycles. The van der Waals surface area contributed by atoms with E-state index >= 15 is 0 Å². The fourth-order valence-electron chi connectivity index (χ4n) is 3.34. The number of furan rings is 1. The first-order valence-electron chi connectivity index (χ1n) is 9.15. The van der Waals surface area contributed by atoms with Crippen molar-refractivity contribution in [2.75, 3.05) is 0 Å². The van der Waals surface area contributed by atoms with Crippen molar-refractivity contribution in [1.29, 1.82) is 0 Å². The zero-order valence-electron chi connectivity index (χ0n) is 15.4. The second-order valence-electron chi connectivity index (χ2n) is 7.00. The first-order chi connectivity index (χ1) is 13.6. The van der Waals surface area contributed by atoms with Crippen molar-refractivity contribution in [2.45, 2.75) is 49.3 Å². The average Bonchev–Trinajstić information content (AvgIpc) is 3.20. The molecular formula is C19H21F3N2O4S. The lowest BCUT2D eigenvalue weighted by molar-refractivity contribution is -0.183. The van der Waals surface area contributed by atoms with Gasteiger partial charge in [-0.05, 0) is 55.7 Å². The number of hydrogen-bond donors (Lipinski definition) is 2. The Labute approximate surface area is 166 Å². The molecule has 1 aromatic heterocycles. The number of hydrogen-bond acceptors (Lipinski definition) is 4. The highest BCUT2D eigenvalue weighted by molar-refractivity contribution is 7.89. The summed E-state index contributed by atoms with van der Waals surface area (Å²) in [6.07, 6.45) is -2.01. The van der Waals surface area contributed by atoms with Crippen LogP contribution in [0.4, 0.5) is 13.2 Å². The Kier molecular flexibility index (Phi) is 6.33. The molecule has 1 fully saturated rings. The average molecular weight is 430 g/mol. The van der Waals surface area contributed by atoms with Gasteiger partial charge in [-0.15, -0.1) is 0 Å². The van der Waals surface area contributed by atoms with Gasteiger partial charge in [0, 0.05) is 11.6 Å². The summed E-state index contributed by atoms with van der Waals surface area (Å²) in [6, 6.07) is 7.94. The van der Waals surface area contributed by atoms with Crippen LogP contribution in [-0.4, -0.2) is 26.5 Å². The number of alkyl halides is 3. The van der Waals surface area contributed by atoms with Crippen molar-refractivity contribution in [2.24, 2.45) is 5.92 Å². The van der Waals surface area contributed by atoms with Crippen LogP contribution in [0.2, 0.25) is 0 Å². The van der Waals surface area contributed by atoms with Gasteiger partial charge in [-0.3, -0.25) is 4.79 Å². The topological polar surface area (TPSA) is 88.4 Å². The van der Waals surface area contributed by atoms with E-state index in [1.165, 1.54) is 30.5 Å². The Bertz CT molecular complexity index is 925. The van der Waals surface area contributed by atoms with E-state index in [2.05, 4.69) is 10.0 Å². The first kappa shape index (κ1) is 21.4. The number of halogens is 3. The van der Waals surface area contributed by atoms with E-state index in [1.54, 1.807) is 12.1 Å². The highest BCUT2D eigenvalue weighted by Gasteiger charge is 2.42. The lowest BCUT2D eigenvalue weighted by Gasteiger charge is -2.31. The van der Waals surface area contributed by atoms with Crippen molar-refractivity contribution < 1.29 is 30.8 Å². The summed E-state index contributed by atoms with van der Waals surface area (Å²) in [5.74, 6) is -1.48. The zero-order chi connectivity index (χ0) is 21.1. The third-order valence-electron chi connectivity index (χ3n) is 4.92. The van der Waals surface area contributed by atoms with Gasteiger partial charge < -0.3 is 9.73 Å². The molecule has 1 saturated carbocycles. The van der Waals surface area contributed by atoms with Crippen LogP contribution in [0.5, 0.6) is 0 Å². The van der Waals surface area contributed by atoms with Gasteiger partial charge in [0.15, 0.2) is 0 Å². The van der Waals surface area contributed by atoms with Gasteiger partial charge in [-0.25, -0.2) is 13.1 Å². The molecule has 2 N–H and O–H groups in total. The van der Waals surface area contributed by atoms with Gasteiger partial charge in [0.05, 0.1) is 23.6 Å². The van der Waals surface area contributed by atoms with Gasteiger partial charge in [-0.2, -0.15) is 13.2 Å². The van der Waals surface area contributed by atoms with E-state index in [0.29, 0.717) is 18.6 Å². The van der Waals surface area contributed by atoms with Gasteiger partial charge in [0.25, 0.3) is 5.91 Å². The molecule has 10 heteroatoms. The van der Waals surface area contributed by atoms with Crippen LogP contribution >= 0.6 is 0 Å². The maximum absolute atomic E-state index is 12.9. The lowest BCUT2D eigenvalue weighted by atomic mass is 9.85. The molecule has 158 valence electrons. The molecule has 0 spiro atoms. The van der Waals surface area contributed by atoms with E-state index in [9.17, 15) is 26.4 Å². The Morgan fingerprint density at radius 2 is 1.86 bits per heavy atom. The predicted octanol–water partition coefficient (Wildman–Crippen LogP) is 3.61. The summed E-state index contributed by atoms with van der Waals surface area (Å²) < 4.78 is 70.7. The van der Waals surface area contributed by atoms with E-state index < -0.39 is 34.1 Å². The van der Waals surface area contributed by atoms with Crippen LogP contribution in [0.1, 0.15) is 41.8 Å². The highest BCUT2D eigenvalue weighted by atomic mass is 32.2. The van der Waals surface area contributed by atoms with Crippen molar-refractivity contribution in [3.8, 4) is 0 Å². The number of nitrogens with one attached hydrogen (secondary N) is 2. The van der Waals surface area contributed by atoms with Crippen LogP contribution in [0.3, 0.4) is 0 Å². The van der Waals surface area contributed by atoms with Crippen molar-refractivity contribution >= 4 is 15.9 Å². The number of rotatable bonds is 6.